The molecule has 180 valence electrons. The molecular formula is C27H32N2O5. The van der Waals surface area contributed by atoms with Crippen molar-refractivity contribution in [3.8, 4) is 11.1 Å². The molecule has 0 spiro atoms. The van der Waals surface area contributed by atoms with Crippen LogP contribution in [0.5, 0.6) is 0 Å². The van der Waals surface area contributed by atoms with Crippen LogP contribution in [0.4, 0.5) is 4.79 Å². The zero-order valence-corrected chi connectivity index (χ0v) is 19.3. The third-order valence-corrected chi connectivity index (χ3v) is 7.04. The number of nitrogens with one attached hydrogen (secondary N) is 2. The molecule has 3 N–H and O–H groups in total. The van der Waals surface area contributed by atoms with E-state index in [2.05, 4.69) is 34.9 Å². The van der Waals surface area contributed by atoms with Crippen molar-refractivity contribution in [1.29, 1.82) is 0 Å². The summed E-state index contributed by atoms with van der Waals surface area (Å²) >= 11 is 0. The molecule has 4 rings (SSSR count). The largest absolute Gasteiger partial charge is 0.481 e. The molecule has 0 aliphatic heterocycles. The van der Waals surface area contributed by atoms with Gasteiger partial charge in [-0.15, -0.1) is 0 Å². The molecule has 1 fully saturated rings. The number of benzene rings is 2. The number of ether oxygens (including phenoxy) is 1. The van der Waals surface area contributed by atoms with Gasteiger partial charge in [0.25, 0.3) is 0 Å². The number of hydrogen-bond acceptors (Lipinski definition) is 4. The van der Waals surface area contributed by atoms with E-state index in [4.69, 9.17) is 9.84 Å². The summed E-state index contributed by atoms with van der Waals surface area (Å²) in [4.78, 5) is 35.4. The van der Waals surface area contributed by atoms with Crippen LogP contribution < -0.4 is 10.6 Å². The molecule has 7 nitrogen and oxygen atoms in total. The summed E-state index contributed by atoms with van der Waals surface area (Å²) < 4.78 is 5.62. The highest BCUT2D eigenvalue weighted by Gasteiger charge is 2.39. The predicted molar refractivity (Wildman–Crippen MR) is 128 cm³/mol. The van der Waals surface area contributed by atoms with E-state index in [9.17, 15) is 14.4 Å². The minimum atomic E-state index is -0.820. The van der Waals surface area contributed by atoms with Crippen molar-refractivity contribution in [2.24, 2.45) is 5.41 Å². The van der Waals surface area contributed by atoms with Gasteiger partial charge in [0.15, 0.2) is 0 Å². The fourth-order valence-electron chi connectivity index (χ4n) is 5.03. The second kappa shape index (κ2) is 10.7. The normalized spacial score (nSPS) is 15.5. The van der Waals surface area contributed by atoms with E-state index < -0.39 is 12.1 Å². The number of carboxylic acid groups (broad SMARTS) is 1. The Morgan fingerprint density at radius 3 is 2.18 bits per heavy atom. The van der Waals surface area contributed by atoms with E-state index in [1.165, 1.54) is 22.3 Å². The Balaban J connectivity index is 1.24. The highest BCUT2D eigenvalue weighted by atomic mass is 16.5. The Bertz CT molecular complexity index is 1000. The van der Waals surface area contributed by atoms with E-state index in [0.29, 0.717) is 32.4 Å². The van der Waals surface area contributed by atoms with Crippen molar-refractivity contribution in [3.05, 3.63) is 59.7 Å². The molecular weight excluding hydrogens is 432 g/mol. The molecule has 2 amide bonds. The maximum atomic E-state index is 12.5. The fraction of sp³-hybridized carbons (Fsp3) is 0.444. The lowest BCUT2D eigenvalue weighted by molar-refractivity contribution is -0.137. The maximum absolute atomic E-state index is 12.5. The summed E-state index contributed by atoms with van der Waals surface area (Å²) in [6.45, 7) is 1.15. The lowest BCUT2D eigenvalue weighted by atomic mass is 9.66. The number of unbranched alkanes of at least 4 members (excludes halogenated alkanes) is 1. The Labute approximate surface area is 199 Å². The van der Waals surface area contributed by atoms with Crippen LogP contribution in [-0.2, 0) is 14.3 Å². The van der Waals surface area contributed by atoms with Crippen LogP contribution in [-0.4, -0.2) is 42.8 Å². The summed E-state index contributed by atoms with van der Waals surface area (Å²) in [5.74, 6) is -0.855. The predicted octanol–water partition coefficient (Wildman–Crippen LogP) is 4.46. The van der Waals surface area contributed by atoms with Crippen LogP contribution in [0.25, 0.3) is 11.1 Å². The van der Waals surface area contributed by atoms with Crippen molar-refractivity contribution in [2.45, 2.75) is 50.9 Å². The molecule has 2 aliphatic rings. The SMILES string of the molecule is O=C(O)CCCCNC(=O)CC1(CNC(=O)OCC2c3ccccc3-c3ccccc32)CCC1. The molecule has 0 heterocycles. The van der Waals surface area contributed by atoms with Crippen molar-refractivity contribution in [3.63, 3.8) is 0 Å². The molecule has 0 bridgehead atoms. The van der Waals surface area contributed by atoms with Gasteiger partial charge in [-0.05, 0) is 53.4 Å². The highest BCUT2D eigenvalue weighted by Crippen LogP contribution is 2.45. The summed E-state index contributed by atoms with van der Waals surface area (Å²) in [5, 5.41) is 14.4. The van der Waals surface area contributed by atoms with Gasteiger partial charge in [0.2, 0.25) is 5.91 Å². The first kappa shape index (κ1) is 23.8. The molecule has 34 heavy (non-hydrogen) atoms. The maximum Gasteiger partial charge on any atom is 0.407 e. The number of amides is 2. The van der Waals surface area contributed by atoms with E-state index in [0.717, 1.165) is 19.3 Å². The van der Waals surface area contributed by atoms with Crippen LogP contribution >= 0.6 is 0 Å². The summed E-state index contributed by atoms with van der Waals surface area (Å²) in [6, 6.07) is 16.4. The second-order valence-corrected chi connectivity index (χ2v) is 9.41. The molecule has 7 heteroatoms. The summed E-state index contributed by atoms with van der Waals surface area (Å²) in [5.41, 5.74) is 4.50. The van der Waals surface area contributed by atoms with Gasteiger partial charge < -0.3 is 20.5 Å². The molecule has 0 radical (unpaired) electrons. The van der Waals surface area contributed by atoms with Crippen molar-refractivity contribution < 1.29 is 24.2 Å². The molecule has 0 saturated heterocycles. The summed E-state index contributed by atoms with van der Waals surface area (Å²) in [7, 11) is 0. The standard InChI is InChI=1S/C27H32N2O5/c30-24(28-15-6-5-12-25(31)32)16-27(13-7-14-27)18-29-26(33)34-17-23-21-10-3-1-8-19(21)20-9-2-4-11-22(20)23/h1-4,8-11,23H,5-7,12-18H2,(H,28,30)(H,29,33)(H,31,32). The third-order valence-electron chi connectivity index (χ3n) is 7.04. The quantitative estimate of drug-likeness (QED) is 0.426. The van der Waals surface area contributed by atoms with Crippen LogP contribution in [0.15, 0.2) is 48.5 Å². The van der Waals surface area contributed by atoms with Crippen LogP contribution in [0.1, 0.15) is 62.0 Å². The Morgan fingerprint density at radius 2 is 1.59 bits per heavy atom. The number of carboxylic acids is 1. The third kappa shape index (κ3) is 5.58. The molecule has 0 atom stereocenters. The van der Waals surface area contributed by atoms with Crippen LogP contribution in [0.3, 0.4) is 0 Å². The Kier molecular flexibility index (Phi) is 7.50. The minimum absolute atomic E-state index is 0.0164. The average molecular weight is 465 g/mol. The number of hydrogen-bond donors (Lipinski definition) is 3. The first-order chi connectivity index (χ1) is 16.5. The zero-order valence-electron chi connectivity index (χ0n) is 19.3. The topological polar surface area (TPSA) is 105 Å². The first-order valence-electron chi connectivity index (χ1n) is 12.0. The lowest BCUT2D eigenvalue weighted by Gasteiger charge is -2.41. The van der Waals surface area contributed by atoms with Gasteiger partial charge >= 0.3 is 12.1 Å². The zero-order chi connectivity index (χ0) is 24.0. The fourth-order valence-corrected chi connectivity index (χ4v) is 5.03. The second-order valence-electron chi connectivity index (χ2n) is 9.41. The van der Waals surface area contributed by atoms with E-state index >= 15 is 0 Å². The van der Waals surface area contributed by atoms with E-state index in [1.54, 1.807) is 0 Å². The monoisotopic (exact) mass is 464 g/mol. The number of alkyl carbamates (subject to hydrolysis) is 1. The first-order valence-corrected chi connectivity index (χ1v) is 12.0. The van der Waals surface area contributed by atoms with Crippen molar-refractivity contribution in [2.75, 3.05) is 19.7 Å². The van der Waals surface area contributed by atoms with Crippen molar-refractivity contribution >= 4 is 18.0 Å². The van der Waals surface area contributed by atoms with Crippen LogP contribution in [0, 0.1) is 5.41 Å². The number of carbonyl (C=O) groups excluding carboxylic acids is 2. The molecule has 1 saturated carbocycles. The van der Waals surface area contributed by atoms with Gasteiger partial charge in [0.1, 0.15) is 6.61 Å². The number of rotatable bonds is 11. The minimum Gasteiger partial charge on any atom is -0.481 e. The summed E-state index contributed by atoms with van der Waals surface area (Å²) in [6.07, 6.45) is 4.03. The smallest absolute Gasteiger partial charge is 0.407 e. The number of aliphatic carboxylic acids is 1. The van der Waals surface area contributed by atoms with Gasteiger partial charge in [-0.25, -0.2) is 4.79 Å². The molecule has 2 aromatic rings. The number of carbonyl (C=O) groups is 3. The Hall–Kier alpha value is -3.35. The van der Waals surface area contributed by atoms with Gasteiger partial charge in [0, 0.05) is 31.8 Å². The van der Waals surface area contributed by atoms with E-state index in [1.807, 2.05) is 24.3 Å². The molecule has 2 aromatic carbocycles. The van der Waals surface area contributed by atoms with Gasteiger partial charge in [0.05, 0.1) is 0 Å². The molecule has 0 unspecified atom stereocenters. The van der Waals surface area contributed by atoms with Crippen LogP contribution in [0.2, 0.25) is 0 Å². The van der Waals surface area contributed by atoms with Gasteiger partial charge in [-0.1, -0.05) is 55.0 Å². The molecule has 0 aromatic heterocycles. The van der Waals surface area contributed by atoms with Gasteiger partial charge in [-0.2, -0.15) is 0 Å². The van der Waals surface area contributed by atoms with Gasteiger partial charge in [-0.3, -0.25) is 9.59 Å². The van der Waals surface area contributed by atoms with E-state index in [-0.39, 0.29) is 30.3 Å². The molecule has 2 aliphatic carbocycles. The number of fused-ring (bicyclic) bond motifs is 3. The average Bonchev–Trinajstić information content (AvgIpc) is 3.12. The highest BCUT2D eigenvalue weighted by molar-refractivity contribution is 5.79. The lowest BCUT2D eigenvalue weighted by Crippen LogP contribution is -2.45. The van der Waals surface area contributed by atoms with Crippen molar-refractivity contribution in [1.82, 2.24) is 10.6 Å². The Morgan fingerprint density at radius 1 is 0.941 bits per heavy atom.